The van der Waals surface area contributed by atoms with Crippen molar-refractivity contribution in [2.24, 2.45) is 4.99 Å². The van der Waals surface area contributed by atoms with Crippen molar-refractivity contribution in [3.05, 3.63) is 41.5 Å². The molecule has 2 aromatic carbocycles. The molecule has 28 heavy (non-hydrogen) atoms. The first-order chi connectivity index (χ1) is 13.5. The maximum atomic E-state index is 13.0. The summed E-state index contributed by atoms with van der Waals surface area (Å²) in [5.74, 6) is 1.98. The summed E-state index contributed by atoms with van der Waals surface area (Å²) in [5, 5.41) is 0. The predicted octanol–water partition coefficient (Wildman–Crippen LogP) is 2.29. The highest BCUT2D eigenvalue weighted by molar-refractivity contribution is 7.92. The van der Waals surface area contributed by atoms with Gasteiger partial charge in [0.05, 0.1) is 30.6 Å². The molecule has 0 saturated carbocycles. The third kappa shape index (κ3) is 3.40. The molecular weight excluding hydrogens is 382 g/mol. The van der Waals surface area contributed by atoms with Crippen LogP contribution in [-0.4, -0.2) is 53.9 Å². The summed E-state index contributed by atoms with van der Waals surface area (Å²) >= 11 is 0. The van der Waals surface area contributed by atoms with Crippen LogP contribution in [0.15, 0.2) is 40.2 Å². The van der Waals surface area contributed by atoms with Gasteiger partial charge in [-0.15, -0.1) is 0 Å². The fraction of sp³-hybridized carbons (Fsp3) is 0.350. The highest BCUT2D eigenvalue weighted by atomic mass is 32.2. The van der Waals surface area contributed by atoms with Crippen LogP contribution in [0.4, 0.5) is 0 Å². The zero-order valence-electron chi connectivity index (χ0n) is 15.7. The summed E-state index contributed by atoms with van der Waals surface area (Å²) in [4.78, 5) is 4.67. The molecule has 2 heterocycles. The lowest BCUT2D eigenvalue weighted by molar-refractivity contribution is 0.171. The number of hydrogen-bond acceptors (Lipinski definition) is 7. The molecule has 7 nitrogen and oxygen atoms in total. The van der Waals surface area contributed by atoms with Crippen molar-refractivity contribution >= 4 is 15.5 Å². The topological polar surface area (TPSA) is 83.4 Å². The Morgan fingerprint density at radius 2 is 1.71 bits per heavy atom. The number of fused-ring (bicyclic) bond motifs is 2. The second-order valence-corrected chi connectivity index (χ2v) is 8.50. The van der Waals surface area contributed by atoms with Crippen molar-refractivity contribution in [2.45, 2.75) is 11.3 Å². The number of methoxy groups -OCH3 is 2. The number of rotatable bonds is 5. The van der Waals surface area contributed by atoms with Crippen LogP contribution in [0.2, 0.25) is 0 Å². The minimum absolute atomic E-state index is 0.187. The molecule has 0 amide bonds. The van der Waals surface area contributed by atoms with Crippen LogP contribution in [0, 0.1) is 0 Å². The third-order valence-corrected chi connectivity index (χ3v) is 6.43. The molecule has 4 rings (SSSR count). The van der Waals surface area contributed by atoms with E-state index in [4.69, 9.17) is 18.9 Å². The number of ether oxygens (including phenoxy) is 4. The lowest BCUT2D eigenvalue weighted by atomic mass is 9.97. The second kappa shape index (κ2) is 7.35. The number of hydrogen-bond donors (Lipinski definition) is 0. The highest BCUT2D eigenvalue weighted by Crippen LogP contribution is 2.35. The summed E-state index contributed by atoms with van der Waals surface area (Å²) in [5.41, 5.74) is 2.31. The Bertz CT molecular complexity index is 1040. The van der Waals surface area contributed by atoms with Gasteiger partial charge in [-0.05, 0) is 36.2 Å². The Labute approximate surface area is 163 Å². The van der Waals surface area contributed by atoms with Gasteiger partial charge >= 0.3 is 0 Å². The second-order valence-electron chi connectivity index (χ2n) is 6.51. The lowest BCUT2D eigenvalue weighted by Crippen LogP contribution is -2.23. The van der Waals surface area contributed by atoms with E-state index < -0.39 is 9.84 Å². The van der Waals surface area contributed by atoms with Crippen LogP contribution in [0.3, 0.4) is 0 Å². The van der Waals surface area contributed by atoms with Crippen LogP contribution in [0.1, 0.15) is 11.1 Å². The van der Waals surface area contributed by atoms with Crippen molar-refractivity contribution < 1.29 is 27.4 Å². The first-order valence-electron chi connectivity index (χ1n) is 8.93. The van der Waals surface area contributed by atoms with Crippen LogP contribution >= 0.6 is 0 Å². The monoisotopic (exact) mass is 403 g/mol. The minimum Gasteiger partial charge on any atom is -0.493 e. The average molecular weight is 403 g/mol. The quantitative estimate of drug-likeness (QED) is 0.762. The fourth-order valence-corrected chi connectivity index (χ4v) is 4.73. The minimum atomic E-state index is -3.61. The van der Waals surface area contributed by atoms with Crippen molar-refractivity contribution in [3.63, 3.8) is 0 Å². The molecule has 0 unspecified atom stereocenters. The van der Waals surface area contributed by atoms with Gasteiger partial charge in [0, 0.05) is 18.2 Å². The zero-order chi connectivity index (χ0) is 19.7. The van der Waals surface area contributed by atoms with E-state index in [-0.39, 0.29) is 10.6 Å². The normalized spacial score (nSPS) is 15.4. The number of sulfone groups is 1. The molecule has 0 atom stereocenters. The van der Waals surface area contributed by atoms with Gasteiger partial charge in [0.15, 0.2) is 32.8 Å². The molecule has 0 aliphatic carbocycles. The van der Waals surface area contributed by atoms with Crippen LogP contribution in [0.5, 0.6) is 23.0 Å². The van der Waals surface area contributed by atoms with E-state index in [1.54, 1.807) is 32.4 Å². The largest absolute Gasteiger partial charge is 0.493 e. The molecule has 2 aromatic rings. The van der Waals surface area contributed by atoms with E-state index in [1.165, 1.54) is 6.07 Å². The van der Waals surface area contributed by atoms with Gasteiger partial charge in [-0.1, -0.05) is 0 Å². The van der Waals surface area contributed by atoms with Gasteiger partial charge in [-0.2, -0.15) is 0 Å². The molecule has 148 valence electrons. The Balaban J connectivity index is 1.67. The van der Waals surface area contributed by atoms with Crippen LogP contribution < -0.4 is 18.9 Å². The first kappa shape index (κ1) is 18.6. The van der Waals surface area contributed by atoms with Crippen molar-refractivity contribution in [1.82, 2.24) is 0 Å². The molecule has 0 N–H and O–H groups in total. The number of aliphatic imine (C=N–C) groups is 1. The summed E-state index contributed by atoms with van der Waals surface area (Å²) in [6.07, 6.45) is 0.725. The van der Waals surface area contributed by atoms with E-state index in [9.17, 15) is 8.42 Å². The zero-order valence-corrected chi connectivity index (χ0v) is 16.5. The summed E-state index contributed by atoms with van der Waals surface area (Å²) in [7, 11) is -0.481. The van der Waals surface area contributed by atoms with E-state index in [0.717, 1.165) is 17.5 Å². The van der Waals surface area contributed by atoms with E-state index in [0.29, 0.717) is 48.5 Å². The van der Waals surface area contributed by atoms with E-state index in [2.05, 4.69) is 4.99 Å². The highest BCUT2D eigenvalue weighted by Gasteiger charge is 2.26. The van der Waals surface area contributed by atoms with E-state index >= 15 is 0 Å². The maximum absolute atomic E-state index is 13.0. The summed E-state index contributed by atoms with van der Waals surface area (Å²) < 4.78 is 47.8. The van der Waals surface area contributed by atoms with E-state index in [1.807, 2.05) is 6.07 Å². The van der Waals surface area contributed by atoms with Gasteiger partial charge in [-0.3, -0.25) is 4.99 Å². The van der Waals surface area contributed by atoms with Crippen molar-refractivity contribution in [1.29, 1.82) is 0 Å². The SMILES string of the molecule is COc1cc2c(cc1OC)C(CS(=O)(=O)c1ccc3c(c1)OCCO3)=NCC2. The molecule has 2 aliphatic heterocycles. The van der Waals surface area contributed by atoms with Crippen LogP contribution in [0.25, 0.3) is 0 Å². The molecule has 0 spiro atoms. The number of nitrogens with zero attached hydrogens (tertiary/aromatic N) is 1. The predicted molar refractivity (Wildman–Crippen MR) is 104 cm³/mol. The Hall–Kier alpha value is -2.74. The summed E-state index contributed by atoms with van der Waals surface area (Å²) in [6, 6.07) is 8.38. The first-order valence-corrected chi connectivity index (χ1v) is 10.6. The molecule has 0 fully saturated rings. The molecule has 0 aromatic heterocycles. The Kier molecular flexibility index (Phi) is 4.89. The lowest BCUT2D eigenvalue weighted by Gasteiger charge is -2.21. The summed E-state index contributed by atoms with van der Waals surface area (Å²) in [6.45, 7) is 1.39. The van der Waals surface area contributed by atoms with Crippen LogP contribution in [-0.2, 0) is 16.3 Å². The number of benzene rings is 2. The smallest absolute Gasteiger partial charge is 0.184 e. The fourth-order valence-electron chi connectivity index (χ4n) is 3.40. The van der Waals surface area contributed by atoms with Gasteiger partial charge in [0.1, 0.15) is 13.2 Å². The third-order valence-electron chi connectivity index (χ3n) is 4.80. The molecule has 0 saturated heterocycles. The standard InChI is InChI=1S/C20H21NO6S/c1-24-18-9-13-5-6-21-16(15(13)11-19(18)25-2)12-28(22,23)14-3-4-17-20(10-14)27-8-7-26-17/h3-4,9-11H,5-8,12H2,1-2H3. The van der Waals surface area contributed by atoms with Gasteiger partial charge in [0.2, 0.25) is 0 Å². The van der Waals surface area contributed by atoms with Gasteiger partial charge in [-0.25, -0.2) is 8.42 Å². The molecular formula is C20H21NO6S. The average Bonchev–Trinajstić information content (AvgIpc) is 2.72. The van der Waals surface area contributed by atoms with Gasteiger partial charge < -0.3 is 18.9 Å². The Morgan fingerprint density at radius 1 is 1.00 bits per heavy atom. The molecule has 0 bridgehead atoms. The Morgan fingerprint density at radius 3 is 2.46 bits per heavy atom. The molecule has 0 radical (unpaired) electrons. The van der Waals surface area contributed by atoms with Crippen molar-refractivity contribution in [2.75, 3.05) is 39.7 Å². The maximum Gasteiger partial charge on any atom is 0.184 e. The van der Waals surface area contributed by atoms with Crippen molar-refractivity contribution in [3.8, 4) is 23.0 Å². The molecule has 8 heteroatoms. The van der Waals surface area contributed by atoms with Gasteiger partial charge in [0.25, 0.3) is 0 Å². The molecule has 2 aliphatic rings.